The lowest BCUT2D eigenvalue weighted by atomic mass is 9.99. The molecular weight excluding hydrogens is 368 g/mol. The number of aromatic nitrogens is 1. The Morgan fingerprint density at radius 1 is 0.733 bits per heavy atom. The maximum Gasteiger partial charge on any atom is 0.256 e. The van der Waals surface area contributed by atoms with Crippen molar-refractivity contribution in [2.24, 2.45) is 0 Å². The zero-order valence-electron chi connectivity index (χ0n) is 18.1. The van der Waals surface area contributed by atoms with E-state index in [1.165, 1.54) is 16.7 Å². The largest absolute Gasteiger partial charge is 0.322 e. The molecule has 4 aromatic rings. The lowest BCUT2D eigenvalue weighted by Crippen LogP contribution is -2.13. The van der Waals surface area contributed by atoms with Gasteiger partial charge in [0.1, 0.15) is 0 Å². The van der Waals surface area contributed by atoms with Gasteiger partial charge in [0.2, 0.25) is 0 Å². The van der Waals surface area contributed by atoms with E-state index in [2.05, 4.69) is 44.3 Å². The van der Waals surface area contributed by atoms with E-state index < -0.39 is 0 Å². The summed E-state index contributed by atoms with van der Waals surface area (Å²) in [5.74, 6) is -0.124. The highest BCUT2D eigenvalue weighted by molar-refractivity contribution is 6.13. The van der Waals surface area contributed by atoms with Gasteiger partial charge in [-0.2, -0.15) is 0 Å². The number of amides is 1. The summed E-state index contributed by atoms with van der Waals surface area (Å²) in [5.41, 5.74) is 9.98. The summed E-state index contributed by atoms with van der Waals surface area (Å²) < 4.78 is 0. The molecule has 0 bridgehead atoms. The van der Waals surface area contributed by atoms with Gasteiger partial charge < -0.3 is 5.32 Å². The van der Waals surface area contributed by atoms with Crippen molar-refractivity contribution in [3.05, 3.63) is 94.0 Å². The molecule has 1 aromatic heterocycles. The molecule has 3 aromatic carbocycles. The van der Waals surface area contributed by atoms with Crippen molar-refractivity contribution in [2.45, 2.75) is 34.6 Å². The third-order valence-corrected chi connectivity index (χ3v) is 5.78. The summed E-state index contributed by atoms with van der Waals surface area (Å²) >= 11 is 0. The molecule has 4 rings (SSSR count). The molecule has 0 saturated carbocycles. The molecule has 3 nitrogen and oxygen atoms in total. The first-order valence-corrected chi connectivity index (χ1v) is 10.2. The van der Waals surface area contributed by atoms with Crippen LogP contribution in [-0.2, 0) is 0 Å². The Morgan fingerprint density at radius 2 is 1.43 bits per heavy atom. The Bertz CT molecular complexity index is 1290. The standard InChI is InChI=1S/C27H26N2O/c1-16-6-11-25-23(12-16)24(27(30)28-22-10-8-18(3)20(5)14-22)15-26(29-25)21-9-7-17(2)19(4)13-21/h6-15H,1-5H3,(H,28,30). The topological polar surface area (TPSA) is 42.0 Å². The van der Waals surface area contributed by atoms with E-state index in [1.54, 1.807) is 0 Å². The second-order valence-electron chi connectivity index (χ2n) is 8.13. The molecule has 0 aliphatic heterocycles. The quantitative estimate of drug-likeness (QED) is 0.420. The predicted octanol–water partition coefficient (Wildman–Crippen LogP) is 6.70. The van der Waals surface area contributed by atoms with Crippen LogP contribution in [0.15, 0.2) is 60.7 Å². The first kappa shape index (κ1) is 19.8. The average molecular weight is 395 g/mol. The van der Waals surface area contributed by atoms with Crippen molar-refractivity contribution in [3.8, 4) is 11.3 Å². The number of benzene rings is 3. The fourth-order valence-electron chi connectivity index (χ4n) is 3.59. The highest BCUT2D eigenvalue weighted by Gasteiger charge is 2.15. The van der Waals surface area contributed by atoms with Crippen LogP contribution in [0.2, 0.25) is 0 Å². The number of hydrogen-bond acceptors (Lipinski definition) is 2. The van der Waals surface area contributed by atoms with Crippen molar-refractivity contribution in [1.29, 1.82) is 0 Å². The fourth-order valence-corrected chi connectivity index (χ4v) is 3.59. The third-order valence-electron chi connectivity index (χ3n) is 5.78. The highest BCUT2D eigenvalue weighted by Crippen LogP contribution is 2.28. The van der Waals surface area contributed by atoms with Crippen molar-refractivity contribution in [2.75, 3.05) is 5.32 Å². The highest BCUT2D eigenvalue weighted by atomic mass is 16.1. The van der Waals surface area contributed by atoms with Crippen LogP contribution < -0.4 is 5.32 Å². The van der Waals surface area contributed by atoms with Gasteiger partial charge in [0.15, 0.2) is 0 Å². The lowest BCUT2D eigenvalue weighted by Gasteiger charge is -2.13. The van der Waals surface area contributed by atoms with Crippen LogP contribution >= 0.6 is 0 Å². The number of carbonyl (C=O) groups is 1. The summed E-state index contributed by atoms with van der Waals surface area (Å²) in [6.45, 7) is 10.3. The van der Waals surface area contributed by atoms with Crippen molar-refractivity contribution in [1.82, 2.24) is 4.98 Å². The first-order valence-electron chi connectivity index (χ1n) is 10.2. The lowest BCUT2D eigenvalue weighted by molar-refractivity contribution is 0.102. The summed E-state index contributed by atoms with van der Waals surface area (Å²) in [6.07, 6.45) is 0. The second kappa shape index (κ2) is 7.75. The molecule has 1 heterocycles. The van der Waals surface area contributed by atoms with Gasteiger partial charge in [0.05, 0.1) is 16.8 Å². The van der Waals surface area contributed by atoms with Gasteiger partial charge in [-0.15, -0.1) is 0 Å². The molecule has 30 heavy (non-hydrogen) atoms. The number of nitrogens with one attached hydrogen (secondary N) is 1. The molecule has 0 saturated heterocycles. The maximum atomic E-state index is 13.3. The molecule has 1 amide bonds. The van der Waals surface area contributed by atoms with Gasteiger partial charge in [-0.3, -0.25) is 4.79 Å². The zero-order chi connectivity index (χ0) is 21.4. The minimum absolute atomic E-state index is 0.124. The van der Waals surface area contributed by atoms with Gasteiger partial charge in [-0.05, 0) is 93.3 Å². The van der Waals surface area contributed by atoms with E-state index in [0.29, 0.717) is 5.56 Å². The van der Waals surface area contributed by atoms with Gasteiger partial charge in [0.25, 0.3) is 5.91 Å². The van der Waals surface area contributed by atoms with E-state index in [-0.39, 0.29) is 5.91 Å². The van der Waals surface area contributed by atoms with Gasteiger partial charge in [0, 0.05) is 16.6 Å². The van der Waals surface area contributed by atoms with Crippen LogP contribution in [0.3, 0.4) is 0 Å². The average Bonchev–Trinajstić information content (AvgIpc) is 2.72. The minimum Gasteiger partial charge on any atom is -0.322 e. The molecule has 0 spiro atoms. The van der Waals surface area contributed by atoms with E-state index in [1.807, 2.05) is 56.3 Å². The van der Waals surface area contributed by atoms with Crippen molar-refractivity contribution in [3.63, 3.8) is 0 Å². The Hall–Kier alpha value is -3.46. The summed E-state index contributed by atoms with van der Waals surface area (Å²) in [6, 6.07) is 20.2. The molecular formula is C27H26N2O. The third kappa shape index (κ3) is 3.84. The Balaban J connectivity index is 1.83. The van der Waals surface area contributed by atoms with Crippen molar-refractivity contribution < 1.29 is 4.79 Å². The number of hydrogen-bond donors (Lipinski definition) is 1. The number of nitrogens with zero attached hydrogens (tertiary/aromatic N) is 1. The Labute approximate surface area is 177 Å². The smallest absolute Gasteiger partial charge is 0.256 e. The first-order chi connectivity index (χ1) is 14.3. The molecule has 0 atom stereocenters. The van der Waals surface area contributed by atoms with Gasteiger partial charge >= 0.3 is 0 Å². The van der Waals surface area contributed by atoms with Crippen LogP contribution in [0.4, 0.5) is 5.69 Å². The van der Waals surface area contributed by atoms with Crippen LogP contribution in [0.1, 0.15) is 38.2 Å². The minimum atomic E-state index is -0.124. The van der Waals surface area contributed by atoms with E-state index in [4.69, 9.17) is 4.98 Å². The number of rotatable bonds is 3. The van der Waals surface area contributed by atoms with E-state index in [9.17, 15) is 4.79 Å². The predicted molar refractivity (Wildman–Crippen MR) is 125 cm³/mol. The Kier molecular flexibility index (Phi) is 5.13. The summed E-state index contributed by atoms with van der Waals surface area (Å²) in [5, 5.41) is 3.94. The normalized spacial score (nSPS) is 11.0. The molecule has 0 radical (unpaired) electrons. The van der Waals surface area contributed by atoms with Crippen LogP contribution in [0.5, 0.6) is 0 Å². The SMILES string of the molecule is Cc1ccc2nc(-c3ccc(C)c(C)c3)cc(C(=O)Nc3ccc(C)c(C)c3)c2c1. The summed E-state index contributed by atoms with van der Waals surface area (Å²) in [7, 11) is 0. The molecule has 0 fully saturated rings. The van der Waals surface area contributed by atoms with Gasteiger partial charge in [-0.1, -0.05) is 29.8 Å². The summed E-state index contributed by atoms with van der Waals surface area (Å²) in [4.78, 5) is 18.2. The molecule has 150 valence electrons. The van der Waals surface area contributed by atoms with E-state index >= 15 is 0 Å². The Morgan fingerprint density at radius 3 is 2.13 bits per heavy atom. The fraction of sp³-hybridized carbons (Fsp3) is 0.185. The van der Waals surface area contributed by atoms with Crippen LogP contribution in [-0.4, -0.2) is 10.9 Å². The number of pyridine rings is 1. The van der Waals surface area contributed by atoms with Crippen LogP contribution in [0.25, 0.3) is 22.2 Å². The molecule has 0 aliphatic carbocycles. The monoisotopic (exact) mass is 394 g/mol. The number of carbonyl (C=O) groups excluding carboxylic acids is 1. The van der Waals surface area contributed by atoms with Crippen LogP contribution in [0, 0.1) is 34.6 Å². The maximum absolute atomic E-state index is 13.3. The van der Waals surface area contributed by atoms with Gasteiger partial charge in [-0.25, -0.2) is 4.98 Å². The zero-order valence-corrected chi connectivity index (χ0v) is 18.1. The molecule has 1 N–H and O–H groups in total. The molecule has 3 heteroatoms. The number of aryl methyl sites for hydroxylation is 5. The second-order valence-corrected chi connectivity index (χ2v) is 8.13. The molecule has 0 unspecified atom stereocenters. The number of anilines is 1. The molecule has 0 aliphatic rings. The van der Waals surface area contributed by atoms with Crippen molar-refractivity contribution >= 4 is 22.5 Å². The van der Waals surface area contributed by atoms with E-state index in [0.717, 1.165) is 39.0 Å². The number of fused-ring (bicyclic) bond motifs is 1.